The molecule has 0 saturated carbocycles. The van der Waals surface area contributed by atoms with E-state index in [0.717, 1.165) is 0 Å². The molecule has 0 fully saturated rings. The van der Waals surface area contributed by atoms with E-state index >= 15 is 0 Å². The second-order valence-corrected chi connectivity index (χ2v) is 22.1. The van der Waals surface area contributed by atoms with Crippen molar-refractivity contribution in [1.29, 1.82) is 0 Å². The van der Waals surface area contributed by atoms with Crippen molar-refractivity contribution in [2.24, 2.45) is 0 Å². The number of benzene rings is 8. The van der Waals surface area contributed by atoms with E-state index in [2.05, 4.69) is 242 Å². The van der Waals surface area contributed by atoms with Gasteiger partial charge in [0, 0.05) is 54.3 Å². The number of thiophene rings is 1. The fraction of sp³-hybridized carbons (Fsp3) is 0.200. The van der Waals surface area contributed by atoms with Crippen LogP contribution in [0.2, 0.25) is 0 Å². The van der Waals surface area contributed by atoms with Crippen LogP contribution in [0.1, 0.15) is 79.0 Å². The molecule has 8 aromatic carbocycles. The molecule has 9 aromatic rings. The molecule has 0 aliphatic carbocycles. The predicted octanol–water partition coefficient (Wildman–Crippen LogP) is 15.4. The summed E-state index contributed by atoms with van der Waals surface area (Å²) in [4.78, 5) is 5.16. The van der Waals surface area contributed by atoms with Crippen molar-refractivity contribution in [3.8, 4) is 22.3 Å². The van der Waals surface area contributed by atoms with E-state index in [1.165, 1.54) is 110 Å². The Hall–Kier alpha value is -6.36. The molecule has 2 nitrogen and oxygen atoms in total. The van der Waals surface area contributed by atoms with Gasteiger partial charge in [-0.3, -0.25) is 0 Å². The van der Waals surface area contributed by atoms with Crippen molar-refractivity contribution in [1.82, 2.24) is 0 Å². The first kappa shape index (κ1) is 40.4. The molecule has 0 saturated heterocycles. The number of rotatable bonds is 4. The maximum absolute atomic E-state index is 2.59. The molecular formula is C60H55BN2S. The highest BCUT2D eigenvalue weighted by atomic mass is 32.1. The van der Waals surface area contributed by atoms with Gasteiger partial charge in [0.25, 0.3) is 6.71 Å². The van der Waals surface area contributed by atoms with E-state index in [9.17, 15) is 0 Å². The summed E-state index contributed by atoms with van der Waals surface area (Å²) in [5, 5.41) is 2.66. The quantitative estimate of drug-likeness (QED) is 0.163. The first-order chi connectivity index (χ1) is 30.6. The fourth-order valence-electron chi connectivity index (χ4n) is 10.1. The van der Waals surface area contributed by atoms with Gasteiger partial charge in [-0.1, -0.05) is 178 Å². The van der Waals surface area contributed by atoms with Gasteiger partial charge in [-0.05, 0) is 126 Å². The van der Waals surface area contributed by atoms with Crippen LogP contribution in [0.3, 0.4) is 0 Å². The van der Waals surface area contributed by atoms with Crippen LogP contribution in [-0.4, -0.2) is 6.71 Å². The molecule has 1 aromatic heterocycles. The molecule has 0 unspecified atom stereocenters. The standard InChI is InChI=1S/C60H55BN2S/c1-58(2,3)41-26-32-49-51(34-41)62(44-28-22-39(23-29-44)38-16-11-10-12-17-38)53-36-43(60(7,8)9)37-54-56(53)61(49)50-33-27-42(59(4,5)6)35-52(50)63(54)45-30-24-40(25-31-45)46-19-15-20-48-47-18-13-14-21-55(47)64-57(46)48/h10-37H,1-9H3. The monoisotopic (exact) mass is 846 g/mol. The van der Waals surface area contributed by atoms with E-state index in [1.807, 2.05) is 11.3 Å². The Morgan fingerprint density at radius 2 is 0.859 bits per heavy atom. The summed E-state index contributed by atoms with van der Waals surface area (Å²) >= 11 is 1.89. The van der Waals surface area contributed by atoms with Crippen LogP contribution in [0.5, 0.6) is 0 Å². The molecule has 4 heteroatoms. The number of fused-ring (bicyclic) bond motifs is 7. The van der Waals surface area contributed by atoms with Crippen LogP contribution in [0.4, 0.5) is 34.1 Å². The van der Waals surface area contributed by atoms with Gasteiger partial charge in [0.05, 0.1) is 0 Å². The average molecular weight is 847 g/mol. The Kier molecular flexibility index (Phi) is 9.21. The summed E-state index contributed by atoms with van der Waals surface area (Å²) in [6.07, 6.45) is 0. The molecule has 0 amide bonds. The lowest BCUT2D eigenvalue weighted by molar-refractivity contribution is 0.590. The zero-order valence-electron chi connectivity index (χ0n) is 38.5. The molecule has 2 aliphatic rings. The summed E-state index contributed by atoms with van der Waals surface area (Å²) < 4.78 is 2.67. The van der Waals surface area contributed by atoms with Crippen LogP contribution in [0, 0.1) is 0 Å². The maximum atomic E-state index is 2.59. The maximum Gasteiger partial charge on any atom is 0.252 e. The molecule has 3 heterocycles. The van der Waals surface area contributed by atoms with Crippen molar-refractivity contribution in [3.05, 3.63) is 187 Å². The lowest BCUT2D eigenvalue weighted by Crippen LogP contribution is -2.61. The minimum Gasteiger partial charge on any atom is -0.311 e. The highest BCUT2D eigenvalue weighted by molar-refractivity contribution is 7.26. The van der Waals surface area contributed by atoms with Gasteiger partial charge in [-0.15, -0.1) is 11.3 Å². The van der Waals surface area contributed by atoms with E-state index in [4.69, 9.17) is 0 Å². The average Bonchev–Trinajstić information content (AvgIpc) is 3.67. The van der Waals surface area contributed by atoms with Crippen molar-refractivity contribution in [3.63, 3.8) is 0 Å². The SMILES string of the molecule is CC(C)(C)c1ccc2c(c1)N(c1ccc(-c3ccccc3)cc1)c1cc(C(C)(C)C)cc3c1B2c1ccc(C(C)(C)C)cc1N3c1ccc(-c2cccc3c2sc2ccccc23)cc1. The topological polar surface area (TPSA) is 6.48 Å². The van der Waals surface area contributed by atoms with Gasteiger partial charge in [0.2, 0.25) is 0 Å². The van der Waals surface area contributed by atoms with E-state index in [-0.39, 0.29) is 23.0 Å². The van der Waals surface area contributed by atoms with Gasteiger partial charge in [0.15, 0.2) is 0 Å². The van der Waals surface area contributed by atoms with Crippen LogP contribution >= 0.6 is 11.3 Å². The van der Waals surface area contributed by atoms with Crippen LogP contribution in [0.15, 0.2) is 170 Å². The molecule has 0 spiro atoms. The van der Waals surface area contributed by atoms with E-state index in [0.29, 0.717) is 0 Å². The van der Waals surface area contributed by atoms with Crippen LogP contribution in [-0.2, 0) is 16.2 Å². The smallest absolute Gasteiger partial charge is 0.252 e. The first-order valence-electron chi connectivity index (χ1n) is 22.9. The molecule has 0 bridgehead atoms. The third-order valence-electron chi connectivity index (χ3n) is 13.7. The minimum absolute atomic E-state index is 0.0197. The molecule has 0 radical (unpaired) electrons. The van der Waals surface area contributed by atoms with Crippen molar-refractivity contribution >= 4 is 88.7 Å². The zero-order valence-corrected chi connectivity index (χ0v) is 39.4. The van der Waals surface area contributed by atoms with Gasteiger partial charge >= 0.3 is 0 Å². The fourth-order valence-corrected chi connectivity index (χ4v) is 11.3. The lowest BCUT2D eigenvalue weighted by atomic mass is 9.33. The largest absolute Gasteiger partial charge is 0.311 e. The summed E-state index contributed by atoms with van der Waals surface area (Å²) in [5.41, 5.74) is 20.2. The highest BCUT2D eigenvalue weighted by Crippen LogP contribution is 2.48. The molecule has 314 valence electrons. The number of hydrogen-bond donors (Lipinski definition) is 0. The molecule has 11 rings (SSSR count). The molecular weight excluding hydrogens is 792 g/mol. The van der Waals surface area contributed by atoms with Gasteiger partial charge in [-0.2, -0.15) is 0 Å². The molecule has 64 heavy (non-hydrogen) atoms. The first-order valence-corrected chi connectivity index (χ1v) is 23.7. The number of nitrogens with zero attached hydrogens (tertiary/aromatic N) is 2. The Morgan fingerprint density at radius 1 is 0.391 bits per heavy atom. The number of anilines is 6. The third-order valence-corrected chi connectivity index (χ3v) is 15.0. The normalized spacial score (nSPS) is 13.6. The minimum atomic E-state index is -0.108. The Labute approximate surface area is 383 Å². The van der Waals surface area contributed by atoms with Crippen molar-refractivity contribution in [2.75, 3.05) is 9.80 Å². The third kappa shape index (κ3) is 6.60. The summed E-state index contributed by atoms with van der Waals surface area (Å²) in [6, 6.07) is 64.6. The highest BCUT2D eigenvalue weighted by Gasteiger charge is 2.44. The van der Waals surface area contributed by atoms with Gasteiger partial charge < -0.3 is 9.80 Å². The summed E-state index contributed by atoms with van der Waals surface area (Å²) in [5.74, 6) is 0. The van der Waals surface area contributed by atoms with E-state index < -0.39 is 0 Å². The summed E-state index contributed by atoms with van der Waals surface area (Å²) in [7, 11) is 0. The second-order valence-electron chi connectivity index (χ2n) is 21.1. The number of hydrogen-bond acceptors (Lipinski definition) is 3. The Bertz CT molecular complexity index is 3270. The van der Waals surface area contributed by atoms with Crippen molar-refractivity contribution in [2.45, 2.75) is 78.6 Å². The van der Waals surface area contributed by atoms with E-state index in [1.54, 1.807) is 0 Å². The van der Waals surface area contributed by atoms with Crippen LogP contribution in [0.25, 0.3) is 42.4 Å². The Balaban J connectivity index is 1.16. The molecule has 2 aliphatic heterocycles. The second kappa shape index (κ2) is 14.6. The van der Waals surface area contributed by atoms with Crippen molar-refractivity contribution < 1.29 is 0 Å². The Morgan fingerprint density at radius 3 is 1.41 bits per heavy atom. The zero-order chi connectivity index (χ0) is 44.3. The lowest BCUT2D eigenvalue weighted by Gasteiger charge is -2.45. The van der Waals surface area contributed by atoms with Gasteiger partial charge in [-0.25, -0.2) is 0 Å². The summed E-state index contributed by atoms with van der Waals surface area (Å²) in [6.45, 7) is 21.1. The van der Waals surface area contributed by atoms with Gasteiger partial charge in [0.1, 0.15) is 0 Å². The molecule has 0 atom stereocenters. The predicted molar refractivity (Wildman–Crippen MR) is 280 cm³/mol. The molecule has 0 N–H and O–H groups in total. The van der Waals surface area contributed by atoms with Crippen LogP contribution < -0.4 is 26.2 Å².